The van der Waals surface area contributed by atoms with Crippen LogP contribution in [0.4, 0.5) is 0 Å². The summed E-state index contributed by atoms with van der Waals surface area (Å²) in [5.41, 5.74) is -0.629. The fourth-order valence-corrected chi connectivity index (χ4v) is 3.17. The molecule has 1 aliphatic carbocycles. The molecule has 0 saturated heterocycles. The smallest absolute Gasteiger partial charge is 0.230 e. The van der Waals surface area contributed by atoms with E-state index in [-0.39, 0.29) is 36.9 Å². The average molecular weight is 603 g/mol. The molecular weight excluding hydrogens is 567 g/mol. The summed E-state index contributed by atoms with van der Waals surface area (Å²) in [6.45, 7) is 16.2. The average Bonchev–Trinajstić information content (AvgIpc) is 2.67. The molecule has 0 spiro atoms. The normalized spacial score (nSPS) is 20.3. The number of hydrogen-bond donors (Lipinski definition) is 1. The fraction of sp³-hybridized carbons (Fsp3) is 0.636. The minimum absolute atomic E-state index is 0. The van der Waals surface area contributed by atoms with Crippen LogP contribution in [0.5, 0.6) is 0 Å². The van der Waals surface area contributed by atoms with Crippen molar-refractivity contribution in [3.8, 4) is 0 Å². The molecule has 1 atom stereocenters. The second-order valence-electron chi connectivity index (χ2n) is 9.77. The summed E-state index contributed by atoms with van der Waals surface area (Å²) in [4.78, 5) is 24.8. The molecule has 0 aromatic rings. The van der Waals surface area contributed by atoms with E-state index >= 15 is 0 Å². The quantitative estimate of drug-likeness (QED) is 0.474. The summed E-state index contributed by atoms with van der Waals surface area (Å²) in [5.74, 6) is -0.283. The van der Waals surface area contributed by atoms with Crippen LogP contribution < -0.4 is 5.32 Å². The van der Waals surface area contributed by atoms with Gasteiger partial charge in [-0.05, 0) is 24.0 Å². The van der Waals surface area contributed by atoms with Crippen LogP contribution in [0.1, 0.15) is 61.8 Å². The molecule has 153 valence electrons. The Balaban J connectivity index is 0.00000676. The van der Waals surface area contributed by atoms with Gasteiger partial charge in [-0.15, -0.1) is 7.05 Å². The Morgan fingerprint density at radius 2 is 1.59 bits per heavy atom. The topological polar surface area (TPSA) is 60.3 Å². The van der Waals surface area contributed by atoms with Crippen LogP contribution in [-0.4, -0.2) is 18.9 Å². The molecular formula is C22H35AmN2O2-. The van der Waals surface area contributed by atoms with Crippen molar-refractivity contribution >= 4 is 11.8 Å². The third kappa shape index (κ3) is 6.29. The summed E-state index contributed by atoms with van der Waals surface area (Å²) in [5, 5.41) is 6.78. The van der Waals surface area contributed by atoms with Crippen molar-refractivity contribution in [3.05, 3.63) is 41.4 Å². The van der Waals surface area contributed by atoms with Crippen LogP contribution in [0.3, 0.4) is 0 Å². The molecule has 0 heterocycles. The zero-order chi connectivity index (χ0) is 20.4. The van der Waals surface area contributed by atoms with E-state index in [1.54, 1.807) is 0 Å². The molecule has 0 aromatic heterocycles. The Morgan fingerprint density at radius 3 is 2.07 bits per heavy atom. The van der Waals surface area contributed by atoms with E-state index in [2.05, 4.69) is 50.5 Å². The summed E-state index contributed by atoms with van der Waals surface area (Å²) in [6.07, 6.45) is 10.6. The first kappa shape index (κ1) is 25.5. The molecule has 0 aliphatic heterocycles. The van der Waals surface area contributed by atoms with Gasteiger partial charge >= 0.3 is 0 Å². The van der Waals surface area contributed by atoms with Crippen LogP contribution in [0, 0.1) is 35.9 Å². The fourth-order valence-electron chi connectivity index (χ4n) is 3.17. The molecule has 5 heteroatoms. The van der Waals surface area contributed by atoms with Crippen LogP contribution >= 0.6 is 0 Å². The molecule has 27 heavy (non-hydrogen) atoms. The van der Waals surface area contributed by atoms with E-state index in [0.717, 1.165) is 5.70 Å². The first-order valence-corrected chi connectivity index (χ1v) is 9.19. The third-order valence-corrected chi connectivity index (χ3v) is 5.48. The van der Waals surface area contributed by atoms with Crippen LogP contribution in [0.15, 0.2) is 36.1 Å². The molecule has 0 bridgehead atoms. The summed E-state index contributed by atoms with van der Waals surface area (Å²) in [6, 6.07) is 0. The Bertz CT molecular complexity index is 652. The largest absolute Gasteiger partial charge is 0.655 e. The molecule has 1 radical (unpaired) electrons. The summed E-state index contributed by atoms with van der Waals surface area (Å²) >= 11 is 0. The van der Waals surface area contributed by atoms with E-state index in [1.165, 1.54) is 7.05 Å². The first-order valence-electron chi connectivity index (χ1n) is 9.19. The molecule has 4 nitrogen and oxygen atoms in total. The van der Waals surface area contributed by atoms with Gasteiger partial charge in [-0.25, -0.2) is 0 Å². The molecule has 1 aliphatic rings. The predicted octanol–water partition coefficient (Wildman–Crippen LogP) is 5.14. The SMILES string of the molecule is C[N-]C(=O)C(C)(C)CC(C)(C)C(=O)NC1=CC=CC(C)(C(C)(C)C)C=C1.[Am]. The van der Waals surface area contributed by atoms with Gasteiger partial charge in [0.1, 0.15) is 0 Å². The van der Waals surface area contributed by atoms with Crippen molar-refractivity contribution in [3.63, 3.8) is 0 Å². The van der Waals surface area contributed by atoms with Crippen molar-refractivity contribution in [2.45, 2.75) is 61.8 Å². The van der Waals surface area contributed by atoms with E-state index in [1.807, 2.05) is 45.9 Å². The number of amides is 2. The molecule has 2 amide bonds. The Morgan fingerprint density at radius 1 is 1.04 bits per heavy atom. The summed E-state index contributed by atoms with van der Waals surface area (Å²) in [7, 11) is 1.50. The van der Waals surface area contributed by atoms with Crippen LogP contribution in [0.2, 0.25) is 0 Å². The van der Waals surface area contributed by atoms with E-state index in [0.29, 0.717) is 6.42 Å². The van der Waals surface area contributed by atoms with Gasteiger partial charge < -0.3 is 15.4 Å². The summed E-state index contributed by atoms with van der Waals surface area (Å²) < 4.78 is 0. The predicted molar refractivity (Wildman–Crippen MR) is 109 cm³/mol. The monoisotopic (exact) mass is 600 g/mol. The van der Waals surface area contributed by atoms with Gasteiger partial charge in [-0.3, -0.25) is 4.79 Å². The van der Waals surface area contributed by atoms with Crippen molar-refractivity contribution in [1.82, 2.24) is 5.32 Å². The van der Waals surface area contributed by atoms with Gasteiger partial charge in [0.05, 0.1) is 5.91 Å². The van der Waals surface area contributed by atoms with Crippen LogP contribution in [0.25, 0.3) is 5.32 Å². The molecule has 0 fully saturated rings. The molecule has 0 aromatic carbocycles. The van der Waals surface area contributed by atoms with Gasteiger partial charge in [0, 0.05) is 36.2 Å². The number of allylic oxidation sites excluding steroid dienone is 5. The van der Waals surface area contributed by atoms with Crippen LogP contribution in [-0.2, 0) is 9.59 Å². The van der Waals surface area contributed by atoms with Crippen molar-refractivity contribution in [2.75, 3.05) is 7.05 Å². The number of hydrogen-bond acceptors (Lipinski definition) is 2. The van der Waals surface area contributed by atoms with Crippen molar-refractivity contribution < 1.29 is 23.9 Å². The molecule has 1 N–H and O–H groups in total. The molecule has 0 saturated carbocycles. The van der Waals surface area contributed by atoms with Gasteiger partial charge in [0.2, 0.25) is 5.91 Å². The van der Waals surface area contributed by atoms with E-state index < -0.39 is 10.8 Å². The maximum Gasteiger partial charge on any atom is 0.230 e. The van der Waals surface area contributed by atoms with Crippen molar-refractivity contribution in [1.29, 1.82) is 0 Å². The zero-order valence-corrected chi connectivity index (χ0v) is 21.4. The number of carbonyl (C=O) groups is 2. The second kappa shape index (κ2) is 8.70. The second-order valence-corrected chi connectivity index (χ2v) is 9.77. The third-order valence-electron chi connectivity index (χ3n) is 5.48. The zero-order valence-electron chi connectivity index (χ0n) is 18.2. The van der Waals surface area contributed by atoms with Crippen molar-refractivity contribution in [2.24, 2.45) is 21.7 Å². The number of carbonyl (C=O) groups excluding carboxylic acids is 2. The van der Waals surface area contributed by atoms with Gasteiger partial charge in [0.15, 0.2) is 0 Å². The minimum atomic E-state index is -0.693. The van der Waals surface area contributed by atoms with E-state index in [4.69, 9.17) is 0 Å². The van der Waals surface area contributed by atoms with E-state index in [9.17, 15) is 9.59 Å². The Hall–Kier alpha value is -1.45. The minimum Gasteiger partial charge on any atom is -0.655 e. The number of nitrogens with zero attached hydrogens (tertiary/aromatic N) is 1. The molecule has 1 unspecified atom stereocenters. The standard InChI is InChI=1S/C22H36N2O2.Am/c1-19(2,3)22(8)13-10-11-16(12-14-22)24-18(26)21(6,7)15-20(4,5)17(25)23-9;/h10-14H,15H2,1-9H3,(H2,23,24,25,26);/p-1. The number of rotatable bonds is 5. The first-order chi connectivity index (χ1) is 11.6. The molecule has 1 rings (SSSR count). The maximum absolute atomic E-state index is 12.8. The Kier molecular flexibility index (Phi) is 8.24. The Labute approximate surface area is 173 Å². The van der Waals surface area contributed by atoms with Gasteiger partial charge in [-0.1, -0.05) is 73.6 Å². The maximum atomic E-state index is 12.8. The van der Waals surface area contributed by atoms with Gasteiger partial charge in [-0.2, -0.15) is 0 Å². The van der Waals surface area contributed by atoms with Gasteiger partial charge in [0.25, 0.3) is 0 Å². The number of nitrogens with one attached hydrogen (secondary N) is 1.